The van der Waals surface area contributed by atoms with E-state index >= 15 is 0 Å². The van der Waals surface area contributed by atoms with Crippen molar-refractivity contribution in [3.63, 3.8) is 0 Å². The van der Waals surface area contributed by atoms with Crippen LogP contribution in [0.3, 0.4) is 0 Å². The minimum absolute atomic E-state index is 0.0231. The molecule has 1 aliphatic carbocycles. The van der Waals surface area contributed by atoms with Gasteiger partial charge in [-0.15, -0.1) is 0 Å². The normalized spacial score (nSPS) is 21.1. The molecule has 4 rings (SSSR count). The Hall–Kier alpha value is -2.52. The number of nitrogens with one attached hydrogen (secondary N) is 2. The van der Waals surface area contributed by atoms with Crippen molar-refractivity contribution in [2.24, 2.45) is 0 Å². The molecule has 0 unspecified atom stereocenters. The smallest absolute Gasteiger partial charge is 0.267 e. The number of halogens is 2. The molecule has 0 bridgehead atoms. The highest BCUT2D eigenvalue weighted by Crippen LogP contribution is 2.31. The van der Waals surface area contributed by atoms with Crippen molar-refractivity contribution in [2.75, 3.05) is 18.4 Å². The van der Waals surface area contributed by atoms with Crippen molar-refractivity contribution in [1.29, 1.82) is 0 Å². The molecule has 2 aromatic rings. The molecule has 3 heterocycles. The summed E-state index contributed by atoms with van der Waals surface area (Å²) in [5, 5.41) is 7.56. The fourth-order valence-corrected chi connectivity index (χ4v) is 3.89. The Labute approximate surface area is 153 Å². The van der Waals surface area contributed by atoms with E-state index in [0.717, 1.165) is 30.6 Å². The number of aromatic amines is 1. The lowest BCUT2D eigenvalue weighted by atomic mass is 10.2. The van der Waals surface area contributed by atoms with Gasteiger partial charge in [0.05, 0.1) is 18.8 Å². The van der Waals surface area contributed by atoms with E-state index in [1.54, 1.807) is 11.6 Å². The van der Waals surface area contributed by atoms with Crippen molar-refractivity contribution in [3.8, 4) is 0 Å². The zero-order valence-electron chi connectivity index (χ0n) is 15.0. The van der Waals surface area contributed by atoms with E-state index in [4.69, 9.17) is 0 Å². The summed E-state index contributed by atoms with van der Waals surface area (Å²) in [5.74, 6) is -3.15. The molecule has 27 heavy (non-hydrogen) atoms. The first-order valence-electron chi connectivity index (χ1n) is 9.25. The molecule has 8 nitrogen and oxygen atoms in total. The Morgan fingerprint density at radius 2 is 2.15 bits per heavy atom. The predicted octanol–water partition coefficient (Wildman–Crippen LogP) is 1.90. The monoisotopic (exact) mass is 380 g/mol. The summed E-state index contributed by atoms with van der Waals surface area (Å²) >= 11 is 0. The first-order valence-corrected chi connectivity index (χ1v) is 9.25. The minimum atomic E-state index is -2.84. The molecule has 2 N–H and O–H groups in total. The molecular formula is C17H22F2N6O2. The summed E-state index contributed by atoms with van der Waals surface area (Å²) in [6.45, 7) is 1.02. The van der Waals surface area contributed by atoms with Gasteiger partial charge in [-0.25, -0.2) is 13.5 Å². The first-order chi connectivity index (χ1) is 12.8. The zero-order valence-corrected chi connectivity index (χ0v) is 15.0. The Balaban J connectivity index is 1.55. The lowest BCUT2D eigenvalue weighted by Gasteiger charge is -2.21. The Morgan fingerprint density at radius 3 is 2.81 bits per heavy atom. The van der Waals surface area contributed by atoms with Crippen LogP contribution in [-0.4, -0.2) is 55.6 Å². The number of H-pyrrole nitrogens is 1. The minimum Gasteiger partial charge on any atom is -0.344 e. The van der Waals surface area contributed by atoms with Crippen molar-refractivity contribution in [3.05, 3.63) is 16.6 Å². The van der Waals surface area contributed by atoms with Gasteiger partial charge in [0.2, 0.25) is 11.9 Å². The van der Waals surface area contributed by atoms with E-state index in [-0.39, 0.29) is 30.5 Å². The van der Waals surface area contributed by atoms with Crippen LogP contribution in [-0.2, 0) is 4.79 Å². The van der Waals surface area contributed by atoms with Crippen molar-refractivity contribution in [2.45, 2.75) is 57.0 Å². The van der Waals surface area contributed by atoms with Crippen LogP contribution in [0.1, 0.15) is 45.1 Å². The van der Waals surface area contributed by atoms with Gasteiger partial charge in [0.1, 0.15) is 11.4 Å². The molecule has 1 amide bonds. The van der Waals surface area contributed by atoms with Gasteiger partial charge in [-0.1, -0.05) is 12.8 Å². The summed E-state index contributed by atoms with van der Waals surface area (Å²) in [7, 11) is 0. The third-order valence-corrected chi connectivity index (χ3v) is 5.34. The molecule has 0 radical (unpaired) electrons. The van der Waals surface area contributed by atoms with Gasteiger partial charge in [0, 0.05) is 13.0 Å². The topological polar surface area (TPSA) is 95.9 Å². The van der Waals surface area contributed by atoms with Crippen LogP contribution in [0.5, 0.6) is 0 Å². The number of rotatable bonds is 4. The standard InChI is InChI=1S/C17H22F2N6O2/c1-10(15(27)24-7-6-17(18,19)9-24)21-16-22-13-12(14(26)23-16)8-20-25(13)11-4-2-3-5-11/h8,10-11H,2-7,9H2,1H3,(H2,21,22,23,26)/t10-/m1/s1. The fourth-order valence-electron chi connectivity index (χ4n) is 3.89. The number of likely N-dealkylation sites (tertiary alicyclic amines) is 1. The van der Waals surface area contributed by atoms with Gasteiger partial charge in [-0.05, 0) is 19.8 Å². The van der Waals surface area contributed by atoms with Crippen LogP contribution < -0.4 is 10.9 Å². The quantitative estimate of drug-likeness (QED) is 0.845. The number of alkyl halides is 2. The van der Waals surface area contributed by atoms with E-state index in [1.165, 1.54) is 6.20 Å². The summed E-state index contributed by atoms with van der Waals surface area (Å²) in [6.07, 6.45) is 5.40. The lowest BCUT2D eigenvalue weighted by Crippen LogP contribution is -2.41. The first kappa shape index (κ1) is 17.9. The molecule has 2 fully saturated rings. The van der Waals surface area contributed by atoms with E-state index in [0.29, 0.717) is 11.0 Å². The maximum atomic E-state index is 13.3. The molecule has 1 saturated heterocycles. The molecule has 10 heteroatoms. The molecule has 146 valence electrons. The average molecular weight is 380 g/mol. The number of carbonyl (C=O) groups is 1. The van der Waals surface area contributed by atoms with Gasteiger partial charge in [0.15, 0.2) is 5.65 Å². The van der Waals surface area contributed by atoms with Gasteiger partial charge in [-0.3, -0.25) is 14.6 Å². The van der Waals surface area contributed by atoms with Crippen LogP contribution in [0.2, 0.25) is 0 Å². The second-order valence-corrected chi connectivity index (χ2v) is 7.41. The van der Waals surface area contributed by atoms with E-state index in [9.17, 15) is 18.4 Å². The molecule has 1 aliphatic heterocycles. The third-order valence-electron chi connectivity index (χ3n) is 5.34. The SMILES string of the molecule is C[C@@H](Nc1nc2c(cnn2C2CCCC2)c(=O)[nH]1)C(=O)N1CCC(F)(F)C1. The van der Waals surface area contributed by atoms with Gasteiger partial charge in [0.25, 0.3) is 11.5 Å². The highest BCUT2D eigenvalue weighted by atomic mass is 19.3. The number of aromatic nitrogens is 4. The van der Waals surface area contributed by atoms with E-state index in [1.807, 2.05) is 0 Å². The third kappa shape index (κ3) is 3.40. The molecule has 2 aliphatic rings. The summed E-state index contributed by atoms with van der Waals surface area (Å²) in [4.78, 5) is 32.9. The van der Waals surface area contributed by atoms with Crippen LogP contribution in [0.25, 0.3) is 11.0 Å². The molecule has 0 spiro atoms. The van der Waals surface area contributed by atoms with Gasteiger partial charge in [-0.2, -0.15) is 10.1 Å². The number of amides is 1. The van der Waals surface area contributed by atoms with Crippen LogP contribution in [0.4, 0.5) is 14.7 Å². The van der Waals surface area contributed by atoms with E-state index < -0.39 is 24.4 Å². The molecule has 1 saturated carbocycles. The van der Waals surface area contributed by atoms with Crippen molar-refractivity contribution < 1.29 is 13.6 Å². The second-order valence-electron chi connectivity index (χ2n) is 7.41. The molecule has 1 atom stereocenters. The Kier molecular flexibility index (Phi) is 4.35. The fraction of sp³-hybridized carbons (Fsp3) is 0.647. The second kappa shape index (κ2) is 6.58. The summed E-state index contributed by atoms with van der Waals surface area (Å²) < 4.78 is 28.5. The molecule has 2 aromatic heterocycles. The lowest BCUT2D eigenvalue weighted by molar-refractivity contribution is -0.132. The maximum Gasteiger partial charge on any atom is 0.267 e. The average Bonchev–Trinajstić information content (AvgIpc) is 3.32. The van der Waals surface area contributed by atoms with Crippen LogP contribution >= 0.6 is 0 Å². The van der Waals surface area contributed by atoms with E-state index in [2.05, 4.69) is 20.4 Å². The zero-order chi connectivity index (χ0) is 19.2. The number of hydrogen-bond donors (Lipinski definition) is 2. The summed E-state index contributed by atoms with van der Waals surface area (Å²) in [5.41, 5.74) is 0.125. The Bertz CT molecular complexity index is 918. The number of nitrogens with zero attached hydrogens (tertiary/aromatic N) is 4. The number of hydrogen-bond acceptors (Lipinski definition) is 5. The van der Waals surface area contributed by atoms with Gasteiger partial charge < -0.3 is 10.2 Å². The number of anilines is 1. The van der Waals surface area contributed by atoms with Crippen molar-refractivity contribution in [1.82, 2.24) is 24.6 Å². The largest absolute Gasteiger partial charge is 0.344 e. The highest BCUT2D eigenvalue weighted by Gasteiger charge is 2.41. The van der Waals surface area contributed by atoms with Gasteiger partial charge >= 0.3 is 0 Å². The molecule has 0 aromatic carbocycles. The van der Waals surface area contributed by atoms with Crippen LogP contribution in [0, 0.1) is 0 Å². The highest BCUT2D eigenvalue weighted by molar-refractivity contribution is 5.84. The maximum absolute atomic E-state index is 13.3. The van der Waals surface area contributed by atoms with Crippen molar-refractivity contribution >= 4 is 22.9 Å². The number of fused-ring (bicyclic) bond motifs is 1. The van der Waals surface area contributed by atoms with Crippen LogP contribution in [0.15, 0.2) is 11.0 Å². The predicted molar refractivity (Wildman–Crippen MR) is 94.9 cm³/mol. The molecular weight excluding hydrogens is 358 g/mol. The Morgan fingerprint density at radius 1 is 1.41 bits per heavy atom. The number of carbonyl (C=O) groups excluding carboxylic acids is 1. The summed E-state index contributed by atoms with van der Waals surface area (Å²) in [6, 6.07) is -0.571.